The Kier molecular flexibility index (Phi) is 10.1. The van der Waals surface area contributed by atoms with Crippen LogP contribution in [0.5, 0.6) is 17.2 Å². The quantitative estimate of drug-likeness (QED) is 0.132. The predicted molar refractivity (Wildman–Crippen MR) is 169 cm³/mol. The summed E-state index contributed by atoms with van der Waals surface area (Å²) in [5.41, 5.74) is -3.48. The van der Waals surface area contributed by atoms with Gasteiger partial charge in [0.25, 0.3) is 0 Å². The van der Waals surface area contributed by atoms with E-state index in [2.05, 4.69) is 17.9 Å². The number of Topliss-reactive ketones (excluding diaryl/α,β-unsaturated/α-hetero) is 1. The van der Waals surface area contributed by atoms with Crippen LogP contribution in [-0.4, -0.2) is 114 Å². The van der Waals surface area contributed by atoms with E-state index in [1.54, 1.807) is 6.92 Å². The molecule has 2 aromatic carbocycles. The van der Waals surface area contributed by atoms with Crippen molar-refractivity contribution in [2.75, 3.05) is 39.2 Å². The van der Waals surface area contributed by atoms with Gasteiger partial charge in [-0.25, -0.2) is 0 Å². The van der Waals surface area contributed by atoms with Crippen molar-refractivity contribution < 1.29 is 63.2 Å². The summed E-state index contributed by atoms with van der Waals surface area (Å²) in [6.07, 6.45) is -4.44. The van der Waals surface area contributed by atoms with E-state index >= 15 is 0 Å². The highest BCUT2D eigenvalue weighted by atomic mass is 32.1. The SMILES string of the molecule is CO[C@H]1OCCN[C@@H]1O[C@H]1CC[C@H](O[C@H]2C[C@](O)(C(=O)CO)Cc3c(O)c4c(c(O)c32)C(=O)c2c(OCCS)cccc2C4=O)O[C@H]1C. The summed E-state index contributed by atoms with van der Waals surface area (Å²) in [6.45, 7) is 1.99. The molecular formula is C33H39NO13S. The molecule has 2 aliphatic heterocycles. The van der Waals surface area contributed by atoms with Crippen LogP contribution in [0.3, 0.4) is 0 Å². The third-order valence-electron chi connectivity index (χ3n) is 9.29. The van der Waals surface area contributed by atoms with Crippen molar-refractivity contribution in [3.8, 4) is 17.2 Å². The average Bonchev–Trinajstić information content (AvgIpc) is 3.08. The molecule has 6 rings (SSSR count). The minimum atomic E-state index is -2.23. The van der Waals surface area contributed by atoms with Crippen LogP contribution in [0.25, 0.3) is 0 Å². The van der Waals surface area contributed by atoms with E-state index in [1.807, 2.05) is 0 Å². The lowest BCUT2D eigenvalue weighted by Gasteiger charge is -2.42. The van der Waals surface area contributed by atoms with Gasteiger partial charge in [0.05, 0.1) is 48.2 Å². The second kappa shape index (κ2) is 14.0. The molecule has 0 saturated carbocycles. The number of fused-ring (bicyclic) bond motifs is 3. The van der Waals surface area contributed by atoms with Crippen molar-refractivity contribution in [2.24, 2.45) is 0 Å². The maximum absolute atomic E-state index is 14.0. The molecule has 48 heavy (non-hydrogen) atoms. The predicted octanol–water partition coefficient (Wildman–Crippen LogP) is 1.31. The number of aromatic hydroxyl groups is 2. The van der Waals surface area contributed by atoms with E-state index in [9.17, 15) is 34.8 Å². The topological polar surface area (TPSA) is 200 Å². The highest BCUT2D eigenvalue weighted by Gasteiger charge is 2.50. The molecule has 0 amide bonds. The molecule has 0 aromatic heterocycles. The van der Waals surface area contributed by atoms with E-state index < -0.39 is 96.0 Å². The zero-order chi connectivity index (χ0) is 34.3. The zero-order valence-electron chi connectivity index (χ0n) is 26.5. The zero-order valence-corrected chi connectivity index (χ0v) is 27.4. The van der Waals surface area contributed by atoms with Crippen molar-refractivity contribution in [1.29, 1.82) is 0 Å². The molecule has 260 valence electrons. The molecule has 0 bridgehead atoms. The van der Waals surface area contributed by atoms with E-state index in [0.717, 1.165) is 0 Å². The van der Waals surface area contributed by atoms with Crippen molar-refractivity contribution in [1.82, 2.24) is 5.32 Å². The van der Waals surface area contributed by atoms with Gasteiger partial charge in [0.15, 0.2) is 30.4 Å². The first-order valence-corrected chi connectivity index (χ1v) is 16.4. The Bertz CT molecular complexity index is 1600. The molecule has 2 saturated heterocycles. The standard InChI is InChI=1S/C33H39NO13S/c1-15-18(47-31-32(42-2)44-9-8-34-31)6-7-22(45-15)46-20-13-33(41,21(36)14-35)12-17-24(20)30(40)26-25(28(17)38)27(37)16-4-3-5-19(43-10-11-48)23(16)29(26)39/h3-5,15,18,20,22,31-32,34-35,38,40-41,48H,6-14H2,1-2H3/t15-,18-,20-,22-,31+,32-,33-/m0/s1. The summed E-state index contributed by atoms with van der Waals surface area (Å²) in [7, 11) is 1.52. The molecule has 4 aliphatic rings. The number of carbonyl (C=O) groups is 3. The molecule has 0 unspecified atom stereocenters. The molecule has 0 radical (unpaired) electrons. The number of phenolic OH excluding ortho intramolecular Hbond substituents is 2. The fourth-order valence-corrected chi connectivity index (χ4v) is 7.04. The number of ketones is 3. The molecule has 2 aromatic rings. The van der Waals surface area contributed by atoms with Gasteiger partial charge in [0, 0.05) is 55.4 Å². The van der Waals surface area contributed by atoms with Crippen LogP contribution in [0, 0.1) is 0 Å². The molecule has 2 aliphatic carbocycles. The number of aliphatic hydroxyl groups is 2. The first kappa shape index (κ1) is 34.7. The van der Waals surface area contributed by atoms with Gasteiger partial charge in [-0.2, -0.15) is 12.6 Å². The first-order valence-electron chi connectivity index (χ1n) is 15.8. The molecular weight excluding hydrogens is 650 g/mol. The average molecular weight is 690 g/mol. The number of carbonyl (C=O) groups excluding carboxylic acids is 3. The van der Waals surface area contributed by atoms with Gasteiger partial charge in [-0.1, -0.05) is 12.1 Å². The van der Waals surface area contributed by atoms with Gasteiger partial charge in [-0.05, 0) is 19.4 Å². The minimum Gasteiger partial charge on any atom is -0.507 e. The highest BCUT2D eigenvalue weighted by molar-refractivity contribution is 7.80. The molecule has 15 heteroatoms. The number of methoxy groups -OCH3 is 1. The molecule has 14 nitrogen and oxygen atoms in total. The Morgan fingerprint density at radius 3 is 2.58 bits per heavy atom. The Morgan fingerprint density at radius 2 is 1.88 bits per heavy atom. The summed E-state index contributed by atoms with van der Waals surface area (Å²) in [4.78, 5) is 40.6. The van der Waals surface area contributed by atoms with Crippen LogP contribution < -0.4 is 10.1 Å². The summed E-state index contributed by atoms with van der Waals surface area (Å²) < 4.78 is 35.3. The second-order valence-electron chi connectivity index (χ2n) is 12.2. The maximum atomic E-state index is 14.0. The van der Waals surface area contributed by atoms with Crippen LogP contribution >= 0.6 is 12.6 Å². The van der Waals surface area contributed by atoms with Crippen LogP contribution in [-0.2, 0) is 34.9 Å². The molecule has 0 spiro atoms. The normalized spacial score (nSPS) is 29.9. The number of benzene rings is 2. The van der Waals surface area contributed by atoms with Gasteiger partial charge >= 0.3 is 0 Å². The maximum Gasteiger partial charge on any atom is 0.202 e. The number of hydrogen-bond acceptors (Lipinski definition) is 15. The van der Waals surface area contributed by atoms with Crippen molar-refractivity contribution >= 4 is 30.0 Å². The number of ether oxygens (including phenoxy) is 6. The summed E-state index contributed by atoms with van der Waals surface area (Å²) in [6, 6.07) is 4.45. The lowest BCUT2D eigenvalue weighted by atomic mass is 9.72. The van der Waals surface area contributed by atoms with Crippen molar-refractivity contribution in [3.05, 3.63) is 51.6 Å². The van der Waals surface area contributed by atoms with Gasteiger partial charge in [-0.15, -0.1) is 0 Å². The highest BCUT2D eigenvalue weighted by Crippen LogP contribution is 2.52. The van der Waals surface area contributed by atoms with Crippen LogP contribution in [0.4, 0.5) is 0 Å². The second-order valence-corrected chi connectivity index (χ2v) is 12.7. The van der Waals surface area contributed by atoms with Gasteiger partial charge in [0.1, 0.15) is 29.5 Å². The van der Waals surface area contributed by atoms with Crippen LogP contribution in [0.1, 0.15) is 75.3 Å². The monoisotopic (exact) mass is 689 g/mol. The summed E-state index contributed by atoms with van der Waals surface area (Å²) >= 11 is 4.14. The van der Waals surface area contributed by atoms with Crippen LogP contribution in [0.15, 0.2) is 18.2 Å². The number of morpholine rings is 1. The van der Waals surface area contributed by atoms with Crippen molar-refractivity contribution in [2.45, 2.75) is 75.3 Å². The smallest absolute Gasteiger partial charge is 0.202 e. The number of phenols is 2. The van der Waals surface area contributed by atoms with Crippen LogP contribution in [0.2, 0.25) is 0 Å². The van der Waals surface area contributed by atoms with E-state index in [-0.39, 0.29) is 40.7 Å². The number of thiol groups is 1. The lowest BCUT2D eigenvalue weighted by Crippen LogP contribution is -2.54. The van der Waals surface area contributed by atoms with Gasteiger partial charge in [0.2, 0.25) is 5.78 Å². The van der Waals surface area contributed by atoms with Crippen molar-refractivity contribution in [3.63, 3.8) is 0 Å². The van der Waals surface area contributed by atoms with Gasteiger partial charge in [-0.3, -0.25) is 19.7 Å². The minimum absolute atomic E-state index is 0.0442. The number of nitrogens with one attached hydrogen (secondary N) is 1. The fraction of sp³-hybridized carbons (Fsp3) is 0.545. The summed E-state index contributed by atoms with van der Waals surface area (Å²) in [5.74, 6) is -3.31. The Labute approximate surface area is 281 Å². The molecule has 7 atom stereocenters. The van der Waals surface area contributed by atoms with Gasteiger partial charge < -0.3 is 48.8 Å². The van der Waals surface area contributed by atoms with E-state index in [1.165, 1.54) is 25.3 Å². The fourth-order valence-electron chi connectivity index (χ4n) is 6.94. The molecule has 2 fully saturated rings. The first-order chi connectivity index (χ1) is 23.0. The number of aliphatic hydroxyl groups excluding tert-OH is 1. The molecule has 2 heterocycles. The number of hydrogen-bond donors (Lipinski definition) is 6. The Morgan fingerprint density at radius 1 is 1.10 bits per heavy atom. The largest absolute Gasteiger partial charge is 0.507 e. The number of rotatable bonds is 10. The molecule has 5 N–H and O–H groups in total. The Balaban J connectivity index is 1.34. The lowest BCUT2D eigenvalue weighted by molar-refractivity contribution is -0.281. The third-order valence-corrected chi connectivity index (χ3v) is 9.47. The Hall–Kier alpha value is -3.12. The van der Waals surface area contributed by atoms with E-state index in [4.69, 9.17) is 28.4 Å². The third kappa shape index (κ3) is 6.12. The van der Waals surface area contributed by atoms with E-state index in [0.29, 0.717) is 31.7 Å². The summed E-state index contributed by atoms with van der Waals surface area (Å²) in [5, 5.41) is 47.7.